The summed E-state index contributed by atoms with van der Waals surface area (Å²) in [5.74, 6) is 0. The molecule has 0 bridgehead atoms. The van der Waals surface area contributed by atoms with Crippen molar-refractivity contribution >= 4 is 11.4 Å². The van der Waals surface area contributed by atoms with Gasteiger partial charge >= 0.3 is 0 Å². The summed E-state index contributed by atoms with van der Waals surface area (Å²) in [5, 5.41) is 19.4. The third-order valence-corrected chi connectivity index (χ3v) is 12.2. The van der Waals surface area contributed by atoms with Gasteiger partial charge in [0.05, 0.1) is 13.6 Å². The van der Waals surface area contributed by atoms with Gasteiger partial charge in [0.25, 0.3) is 0 Å². The van der Waals surface area contributed by atoms with Crippen molar-refractivity contribution in [1.82, 2.24) is 14.5 Å². The molecule has 0 saturated carbocycles. The number of imidazole rings is 1. The summed E-state index contributed by atoms with van der Waals surface area (Å²) >= 11 is 0. The summed E-state index contributed by atoms with van der Waals surface area (Å²) in [6.07, 6.45) is 6.33. The number of rotatable bonds is 10. The molecule has 0 aliphatic carbocycles. The van der Waals surface area contributed by atoms with E-state index in [1.165, 1.54) is 44.8 Å². The molecule has 5 aromatic carbocycles. The molecule has 0 N–H and O–H groups in total. The fraction of sp³-hybridized carbons (Fsp3) is 0.217. The van der Waals surface area contributed by atoms with Crippen LogP contribution in [0.4, 0.5) is 11.4 Å². The van der Waals surface area contributed by atoms with Crippen LogP contribution in [0.2, 0.25) is 0 Å². The second-order valence-electron chi connectivity index (χ2n) is 17.4. The Morgan fingerprint density at radius 3 is 1.67 bits per heavy atom. The van der Waals surface area contributed by atoms with Crippen molar-refractivity contribution in [2.75, 3.05) is 0 Å². The molecule has 3 aromatic heterocycles. The molecule has 0 amide bonds. The minimum absolute atomic E-state index is 0. The monoisotopic (exact) mass is 1080 g/mol. The number of nitrogens with zero attached hydrogens (tertiary/aromatic N) is 8. The van der Waals surface area contributed by atoms with Gasteiger partial charge in [-0.2, -0.15) is 35.2 Å². The molecule has 0 saturated heterocycles. The van der Waals surface area contributed by atoms with E-state index in [2.05, 4.69) is 138 Å². The molecule has 0 fully saturated rings. The third kappa shape index (κ3) is 11.5. The molecule has 0 aliphatic rings. The average molecular weight is 1080 g/mol. The molecule has 8 nitrogen and oxygen atoms in total. The first kappa shape index (κ1) is 50.6. The van der Waals surface area contributed by atoms with Gasteiger partial charge in [0, 0.05) is 55.0 Å². The second kappa shape index (κ2) is 22.3. The molecular weight excluding hydrogens is 1020 g/mol. The van der Waals surface area contributed by atoms with Crippen LogP contribution < -0.4 is 4.57 Å². The maximum absolute atomic E-state index is 10.00. The summed E-state index contributed by atoms with van der Waals surface area (Å²) in [6, 6.07) is 45.4. The predicted molar refractivity (Wildman–Crippen MR) is 269 cm³/mol. The third-order valence-electron chi connectivity index (χ3n) is 12.2. The molecule has 343 valence electrons. The quantitative estimate of drug-likeness (QED) is 0.0775. The topological polar surface area (TPSA) is 90.9 Å². The van der Waals surface area contributed by atoms with Crippen LogP contribution in [0.15, 0.2) is 97.1 Å². The number of benzene rings is 5. The van der Waals surface area contributed by atoms with Crippen molar-refractivity contribution in [2.45, 2.75) is 81.1 Å². The van der Waals surface area contributed by atoms with Crippen molar-refractivity contribution in [3.8, 4) is 62.6 Å². The SMILES string of the molecule is Cc1c(C)[n+](C)[c-]n1-c1[c-]cccc1.[C-]#[N+]c1c[c-]c(-c2cc(-c3c(C)cc(C)cc3C)cc(CCCCc3cc(-c4c(C)cc(C)cc4C)cc(-c4[c-]cc(C#N)cc4[N+]#[C-])n3)n2)c(C#N)c1.[Ir]. The van der Waals surface area contributed by atoms with Crippen LogP contribution in [0.5, 0.6) is 0 Å². The Morgan fingerprint density at radius 2 is 1.20 bits per heavy atom. The molecule has 8 aromatic rings. The second-order valence-corrected chi connectivity index (χ2v) is 17.4. The van der Waals surface area contributed by atoms with E-state index < -0.39 is 0 Å². The van der Waals surface area contributed by atoms with Gasteiger partial charge in [0.1, 0.15) is 6.57 Å². The first-order chi connectivity index (χ1) is 32.7. The Bertz CT molecular complexity index is 3160. The van der Waals surface area contributed by atoms with Crippen molar-refractivity contribution in [3.63, 3.8) is 0 Å². The largest absolute Gasteiger partial charge is 0.345 e. The van der Waals surface area contributed by atoms with Crippen molar-refractivity contribution in [3.05, 3.63) is 212 Å². The van der Waals surface area contributed by atoms with Gasteiger partial charge < -0.3 is 19.1 Å². The van der Waals surface area contributed by atoms with Gasteiger partial charge in [-0.05, 0) is 166 Å². The maximum atomic E-state index is 10.00. The van der Waals surface area contributed by atoms with E-state index in [1.807, 2.05) is 52.6 Å². The fourth-order valence-corrected chi connectivity index (χ4v) is 9.01. The van der Waals surface area contributed by atoms with Crippen molar-refractivity contribution < 1.29 is 24.7 Å². The van der Waals surface area contributed by atoms with Gasteiger partial charge in [-0.3, -0.25) is 0 Å². The Hall–Kier alpha value is -7.78. The molecule has 8 rings (SSSR count). The van der Waals surface area contributed by atoms with Gasteiger partial charge in [-0.1, -0.05) is 70.9 Å². The van der Waals surface area contributed by atoms with E-state index in [1.54, 1.807) is 24.3 Å². The van der Waals surface area contributed by atoms with E-state index in [0.29, 0.717) is 57.9 Å². The molecule has 0 spiro atoms. The predicted octanol–water partition coefficient (Wildman–Crippen LogP) is 13.5. The minimum atomic E-state index is 0. The zero-order chi connectivity index (χ0) is 48.6. The van der Waals surface area contributed by atoms with Crippen LogP contribution in [0.1, 0.15) is 80.1 Å². The van der Waals surface area contributed by atoms with Crippen LogP contribution >= 0.6 is 0 Å². The molecule has 1 radical (unpaired) electrons. The molecule has 3 heterocycles. The number of aryl methyl sites for hydroxylation is 9. The Kier molecular flexibility index (Phi) is 16.4. The zero-order valence-corrected chi connectivity index (χ0v) is 42.9. The molecule has 0 aliphatic heterocycles. The fourth-order valence-electron chi connectivity index (χ4n) is 9.01. The van der Waals surface area contributed by atoms with Crippen LogP contribution in [-0.4, -0.2) is 14.5 Å². The number of aromatic nitrogens is 4. The Morgan fingerprint density at radius 1 is 0.652 bits per heavy atom. The minimum Gasteiger partial charge on any atom is -0.345 e. The first-order valence-electron chi connectivity index (χ1n) is 22.5. The van der Waals surface area contributed by atoms with E-state index in [9.17, 15) is 10.5 Å². The molecule has 69 heavy (non-hydrogen) atoms. The number of pyridine rings is 2. The van der Waals surface area contributed by atoms with Gasteiger partial charge in [0.2, 0.25) is 12.0 Å². The van der Waals surface area contributed by atoms with E-state index in [-0.39, 0.29) is 20.1 Å². The summed E-state index contributed by atoms with van der Waals surface area (Å²) in [5.41, 5.74) is 20.7. The van der Waals surface area contributed by atoms with Crippen LogP contribution in [0.25, 0.3) is 60.1 Å². The van der Waals surface area contributed by atoms with Crippen molar-refractivity contribution in [2.24, 2.45) is 7.05 Å². The summed E-state index contributed by atoms with van der Waals surface area (Å²) in [4.78, 5) is 17.3. The van der Waals surface area contributed by atoms with Crippen molar-refractivity contribution in [1.29, 1.82) is 10.5 Å². The summed E-state index contributed by atoms with van der Waals surface area (Å²) in [7, 11) is 2.00. The van der Waals surface area contributed by atoms with Crippen LogP contribution in [-0.2, 0) is 40.0 Å². The molecular formula is C60H51IrN8-3. The average Bonchev–Trinajstić information content (AvgIpc) is 3.59. The van der Waals surface area contributed by atoms with Gasteiger partial charge in [0.15, 0.2) is 5.69 Å². The van der Waals surface area contributed by atoms with Gasteiger partial charge in [-0.15, -0.1) is 23.8 Å². The zero-order valence-electron chi connectivity index (χ0n) is 40.5. The Balaban J connectivity index is 0.000000445. The van der Waals surface area contributed by atoms with E-state index in [4.69, 9.17) is 23.1 Å². The molecule has 9 heteroatoms. The number of hydrogen-bond donors (Lipinski definition) is 0. The molecule has 0 unspecified atom stereocenters. The van der Waals surface area contributed by atoms with Gasteiger partial charge in [-0.25, -0.2) is 15.4 Å². The van der Waals surface area contributed by atoms with E-state index in [0.717, 1.165) is 52.2 Å². The standard InChI is InChI=1S/C48H38N6.C12H13N2.Ir/c1-29-17-31(3)47(32(4)18-29)36-22-40(53-45(25-36)42-16-14-39(51-7)24-38(42)28-50)11-9-10-12-41-23-37(48-33(5)19-30(2)20-34(48)6)26-46(54-41)43-15-13-35(27-49)21-44(43)52-8;1-10-11(2)14(9-13(10)3)12-7-5-4-6-8-12;/h13-14,17-26H,9-12H2,1-6H3;4-7H,1-3H3;/q-2;-1;. The van der Waals surface area contributed by atoms with E-state index >= 15 is 0 Å². The summed E-state index contributed by atoms with van der Waals surface area (Å²) in [6.45, 7) is 32.1. The maximum Gasteiger partial charge on any atom is 0.241 e. The smallest absolute Gasteiger partial charge is 0.241 e. The summed E-state index contributed by atoms with van der Waals surface area (Å²) < 4.78 is 4.02. The van der Waals surface area contributed by atoms with Crippen LogP contribution in [0, 0.1) is 116 Å². The number of nitriles is 2. The molecule has 0 atom stereocenters. The normalized spacial score (nSPS) is 10.4. The first-order valence-corrected chi connectivity index (χ1v) is 22.5. The Labute approximate surface area is 421 Å². The van der Waals surface area contributed by atoms with Crippen LogP contribution in [0.3, 0.4) is 0 Å². The number of unbranched alkanes of at least 4 members (excludes halogenated alkanes) is 1. The number of para-hydroxylation sites is 1. The number of hydrogen-bond acceptors (Lipinski definition) is 4.